The minimum absolute atomic E-state index is 0.120. The number of nitrogens with one attached hydrogen (secondary N) is 4. The van der Waals surface area contributed by atoms with Crippen LogP contribution < -0.4 is 21.3 Å². The molecule has 0 aliphatic heterocycles. The lowest BCUT2D eigenvalue weighted by Crippen LogP contribution is -2.27. The summed E-state index contributed by atoms with van der Waals surface area (Å²) in [7, 11) is 0. The zero-order valence-corrected chi connectivity index (χ0v) is 22.6. The van der Waals surface area contributed by atoms with Crippen LogP contribution in [0.1, 0.15) is 36.2 Å². The first-order chi connectivity index (χ1) is 19.0. The Kier molecular flexibility index (Phi) is 12.9. The SMILES string of the molecule is CC(C)CCNc1nc(NCCOCCOCCNC(=O)c2ccccc2)nc(NCc2cccc(F)c2)n1. The van der Waals surface area contributed by atoms with Crippen LogP contribution in [0.4, 0.5) is 22.2 Å². The molecule has 2 aromatic carbocycles. The van der Waals surface area contributed by atoms with Gasteiger partial charge in [0, 0.05) is 31.7 Å². The standard InChI is InChI=1S/C28H38FN7O3/c1-21(2)11-12-31-26-34-27(36-28(35-26)33-20-22-7-6-10-24(29)19-22)32-14-16-39-18-17-38-15-13-30-25(37)23-8-4-3-5-9-23/h3-10,19,21H,11-18,20H2,1-2H3,(H,30,37)(H3,31,32,33,34,35,36). The number of amides is 1. The van der Waals surface area contributed by atoms with Gasteiger partial charge in [-0.25, -0.2) is 4.39 Å². The van der Waals surface area contributed by atoms with Gasteiger partial charge in [0.25, 0.3) is 5.91 Å². The third-order valence-corrected chi connectivity index (χ3v) is 5.45. The normalized spacial score (nSPS) is 10.9. The molecule has 39 heavy (non-hydrogen) atoms. The fraction of sp³-hybridized carbons (Fsp3) is 0.429. The average Bonchev–Trinajstić information content (AvgIpc) is 2.93. The number of hydrogen-bond acceptors (Lipinski definition) is 9. The van der Waals surface area contributed by atoms with Crippen molar-refractivity contribution in [3.8, 4) is 0 Å². The Bertz CT molecular complexity index is 1140. The molecular formula is C28H38FN7O3. The van der Waals surface area contributed by atoms with Crippen molar-refractivity contribution in [1.82, 2.24) is 20.3 Å². The van der Waals surface area contributed by atoms with Crippen molar-refractivity contribution in [1.29, 1.82) is 0 Å². The van der Waals surface area contributed by atoms with Crippen molar-refractivity contribution >= 4 is 23.8 Å². The molecule has 4 N–H and O–H groups in total. The third-order valence-electron chi connectivity index (χ3n) is 5.45. The molecule has 0 saturated heterocycles. The molecule has 3 rings (SSSR count). The van der Waals surface area contributed by atoms with Crippen LogP contribution in [0, 0.1) is 11.7 Å². The Balaban J connectivity index is 1.35. The zero-order chi connectivity index (χ0) is 27.7. The van der Waals surface area contributed by atoms with Crippen LogP contribution in [0.15, 0.2) is 54.6 Å². The summed E-state index contributed by atoms with van der Waals surface area (Å²) in [6, 6.07) is 15.4. The van der Waals surface area contributed by atoms with Crippen molar-refractivity contribution in [3.05, 3.63) is 71.5 Å². The van der Waals surface area contributed by atoms with Crippen molar-refractivity contribution in [2.75, 3.05) is 62.0 Å². The highest BCUT2D eigenvalue weighted by Gasteiger charge is 2.08. The summed E-state index contributed by atoms with van der Waals surface area (Å²) in [5, 5.41) is 12.3. The molecule has 1 heterocycles. The Hall–Kier alpha value is -3.83. The van der Waals surface area contributed by atoms with Gasteiger partial charge < -0.3 is 30.7 Å². The van der Waals surface area contributed by atoms with Crippen LogP contribution in [0.25, 0.3) is 0 Å². The maximum atomic E-state index is 13.5. The molecule has 10 nitrogen and oxygen atoms in total. The summed E-state index contributed by atoms with van der Waals surface area (Å²) in [6.07, 6.45) is 0.982. The van der Waals surface area contributed by atoms with Crippen molar-refractivity contribution in [2.45, 2.75) is 26.8 Å². The number of ether oxygens (including phenoxy) is 2. The number of halogens is 1. The molecule has 11 heteroatoms. The first-order valence-electron chi connectivity index (χ1n) is 13.2. The van der Waals surface area contributed by atoms with Gasteiger partial charge in [-0.05, 0) is 42.2 Å². The first kappa shape index (κ1) is 29.7. The molecule has 0 atom stereocenters. The summed E-state index contributed by atoms with van der Waals surface area (Å²) < 4.78 is 24.6. The highest BCUT2D eigenvalue weighted by molar-refractivity contribution is 5.94. The molecule has 210 valence electrons. The van der Waals surface area contributed by atoms with Crippen LogP contribution in [-0.4, -0.2) is 66.9 Å². The molecule has 1 aromatic heterocycles. The Morgan fingerprint density at radius 3 is 2.10 bits per heavy atom. The van der Waals surface area contributed by atoms with E-state index in [0.29, 0.717) is 75.4 Å². The van der Waals surface area contributed by atoms with E-state index >= 15 is 0 Å². The lowest BCUT2D eigenvalue weighted by molar-refractivity contribution is 0.0519. The molecular weight excluding hydrogens is 501 g/mol. The maximum Gasteiger partial charge on any atom is 0.251 e. The van der Waals surface area contributed by atoms with Crippen molar-refractivity contribution < 1.29 is 18.7 Å². The van der Waals surface area contributed by atoms with Crippen LogP contribution >= 0.6 is 0 Å². The molecule has 0 radical (unpaired) electrons. The van der Waals surface area contributed by atoms with Crippen molar-refractivity contribution in [2.24, 2.45) is 5.92 Å². The van der Waals surface area contributed by atoms with Gasteiger partial charge in [-0.15, -0.1) is 0 Å². The smallest absolute Gasteiger partial charge is 0.251 e. The Morgan fingerprint density at radius 1 is 0.795 bits per heavy atom. The molecule has 0 fully saturated rings. The Labute approximate surface area is 229 Å². The van der Waals surface area contributed by atoms with Crippen LogP contribution in [0.2, 0.25) is 0 Å². The highest BCUT2D eigenvalue weighted by atomic mass is 19.1. The Morgan fingerprint density at radius 2 is 1.44 bits per heavy atom. The number of nitrogens with zero attached hydrogens (tertiary/aromatic N) is 3. The van der Waals surface area contributed by atoms with E-state index in [0.717, 1.165) is 18.5 Å². The van der Waals surface area contributed by atoms with Gasteiger partial charge in [0.2, 0.25) is 17.8 Å². The van der Waals surface area contributed by atoms with E-state index < -0.39 is 0 Å². The largest absolute Gasteiger partial charge is 0.377 e. The van der Waals surface area contributed by atoms with E-state index in [9.17, 15) is 9.18 Å². The number of aromatic nitrogens is 3. The fourth-order valence-electron chi connectivity index (χ4n) is 3.40. The van der Waals surface area contributed by atoms with E-state index in [2.05, 4.69) is 50.1 Å². The number of carbonyl (C=O) groups excluding carboxylic acids is 1. The van der Waals surface area contributed by atoms with Crippen LogP contribution in [-0.2, 0) is 16.0 Å². The second kappa shape index (κ2) is 16.9. The first-order valence-corrected chi connectivity index (χ1v) is 13.2. The molecule has 0 unspecified atom stereocenters. The van der Waals surface area contributed by atoms with Crippen LogP contribution in [0.5, 0.6) is 0 Å². The summed E-state index contributed by atoms with van der Waals surface area (Å²) in [5.41, 5.74) is 1.41. The van der Waals surface area contributed by atoms with E-state index in [1.54, 1.807) is 18.2 Å². The topological polar surface area (TPSA) is 122 Å². The minimum Gasteiger partial charge on any atom is -0.377 e. The quantitative estimate of drug-likeness (QED) is 0.178. The fourth-order valence-corrected chi connectivity index (χ4v) is 3.40. The summed E-state index contributed by atoms with van der Waals surface area (Å²) >= 11 is 0. The predicted molar refractivity (Wildman–Crippen MR) is 150 cm³/mol. The monoisotopic (exact) mass is 539 g/mol. The van der Waals surface area contributed by atoms with Crippen LogP contribution in [0.3, 0.4) is 0 Å². The highest BCUT2D eigenvalue weighted by Crippen LogP contribution is 2.12. The van der Waals surface area contributed by atoms with Gasteiger partial charge >= 0.3 is 0 Å². The van der Waals surface area contributed by atoms with Gasteiger partial charge in [-0.2, -0.15) is 15.0 Å². The van der Waals surface area contributed by atoms with E-state index in [-0.39, 0.29) is 11.7 Å². The predicted octanol–water partition coefficient (Wildman–Crippen LogP) is 3.96. The second-order valence-corrected chi connectivity index (χ2v) is 9.17. The summed E-state index contributed by atoms with van der Waals surface area (Å²) in [5.74, 6) is 1.40. The van der Waals surface area contributed by atoms with Crippen molar-refractivity contribution in [3.63, 3.8) is 0 Å². The lowest BCUT2D eigenvalue weighted by atomic mass is 10.1. The average molecular weight is 540 g/mol. The van der Waals surface area contributed by atoms with Gasteiger partial charge in [0.15, 0.2) is 0 Å². The molecule has 1 amide bonds. The van der Waals surface area contributed by atoms with E-state index in [1.165, 1.54) is 12.1 Å². The molecule has 3 aromatic rings. The summed E-state index contributed by atoms with van der Waals surface area (Å²) in [4.78, 5) is 25.3. The molecule has 0 aliphatic carbocycles. The molecule has 0 spiro atoms. The lowest BCUT2D eigenvalue weighted by Gasteiger charge is -2.12. The van der Waals surface area contributed by atoms with E-state index in [1.807, 2.05) is 24.3 Å². The zero-order valence-electron chi connectivity index (χ0n) is 22.6. The maximum absolute atomic E-state index is 13.5. The number of anilines is 3. The minimum atomic E-state index is -0.288. The number of rotatable bonds is 18. The van der Waals surface area contributed by atoms with Gasteiger partial charge in [0.05, 0.1) is 26.4 Å². The number of hydrogen-bond donors (Lipinski definition) is 4. The molecule has 0 saturated carbocycles. The van der Waals surface area contributed by atoms with E-state index in [4.69, 9.17) is 9.47 Å². The van der Waals surface area contributed by atoms with Gasteiger partial charge in [-0.3, -0.25) is 4.79 Å². The number of carbonyl (C=O) groups is 1. The van der Waals surface area contributed by atoms with Gasteiger partial charge in [0.1, 0.15) is 5.82 Å². The molecule has 0 bridgehead atoms. The third kappa shape index (κ3) is 12.1. The summed E-state index contributed by atoms with van der Waals surface area (Å²) in [6.45, 7) is 8.04. The van der Waals surface area contributed by atoms with Gasteiger partial charge in [-0.1, -0.05) is 44.2 Å². The second-order valence-electron chi connectivity index (χ2n) is 9.17. The number of benzene rings is 2. The molecule has 0 aliphatic rings.